The lowest BCUT2D eigenvalue weighted by Crippen LogP contribution is -2.29. The second-order valence-corrected chi connectivity index (χ2v) is 5.64. The quantitative estimate of drug-likeness (QED) is 0.824. The molecule has 2 N–H and O–H groups in total. The van der Waals surface area contributed by atoms with Crippen molar-refractivity contribution in [3.63, 3.8) is 0 Å². The Hall–Kier alpha value is -0.900. The smallest absolute Gasteiger partial charge is 0.0938 e. The lowest BCUT2D eigenvalue weighted by Gasteiger charge is -2.29. The van der Waals surface area contributed by atoms with Crippen molar-refractivity contribution in [2.24, 2.45) is 0 Å². The van der Waals surface area contributed by atoms with Gasteiger partial charge in [-0.25, -0.2) is 0 Å². The van der Waals surface area contributed by atoms with Gasteiger partial charge in [-0.3, -0.25) is 4.90 Å². The van der Waals surface area contributed by atoms with Crippen LogP contribution in [0.1, 0.15) is 29.9 Å². The maximum Gasteiger partial charge on any atom is 0.0938 e. The van der Waals surface area contributed by atoms with Crippen molar-refractivity contribution >= 4 is 0 Å². The van der Waals surface area contributed by atoms with Gasteiger partial charge in [0, 0.05) is 19.6 Å². The minimum atomic E-state index is -0.566. The zero-order valence-corrected chi connectivity index (χ0v) is 10.6. The third-order valence-corrected chi connectivity index (χ3v) is 4.31. The zero-order chi connectivity index (χ0) is 12.5. The molecule has 3 heteroatoms. The first-order valence-electron chi connectivity index (χ1n) is 6.90. The second kappa shape index (κ2) is 5.00. The second-order valence-electron chi connectivity index (χ2n) is 5.64. The fourth-order valence-corrected chi connectivity index (χ4v) is 3.35. The fourth-order valence-electron chi connectivity index (χ4n) is 3.35. The van der Waals surface area contributed by atoms with Gasteiger partial charge in [-0.2, -0.15) is 0 Å². The van der Waals surface area contributed by atoms with Crippen LogP contribution in [0.15, 0.2) is 24.3 Å². The van der Waals surface area contributed by atoms with Crippen molar-refractivity contribution in [2.75, 3.05) is 19.6 Å². The van der Waals surface area contributed by atoms with E-state index in [0.717, 1.165) is 6.54 Å². The van der Waals surface area contributed by atoms with E-state index in [0.29, 0.717) is 19.0 Å². The highest BCUT2D eigenvalue weighted by Crippen LogP contribution is 2.32. The molecule has 0 radical (unpaired) electrons. The van der Waals surface area contributed by atoms with Crippen molar-refractivity contribution in [1.82, 2.24) is 4.90 Å². The summed E-state index contributed by atoms with van der Waals surface area (Å²) in [5, 5.41) is 19.2. The number of fused-ring (bicyclic) bond motifs is 1. The van der Waals surface area contributed by atoms with E-state index in [1.54, 1.807) is 0 Å². The molecule has 0 saturated carbocycles. The predicted molar refractivity (Wildman–Crippen MR) is 70.6 cm³/mol. The highest BCUT2D eigenvalue weighted by Gasteiger charge is 2.31. The summed E-state index contributed by atoms with van der Waals surface area (Å²) in [5.41, 5.74) is 2.95. The SMILES string of the molecule is OC1CN(CC2CCCc3ccccc32)CC1O. The molecule has 0 amide bonds. The molecule has 18 heavy (non-hydrogen) atoms. The first-order chi connectivity index (χ1) is 8.74. The van der Waals surface area contributed by atoms with Crippen LogP contribution in [0.3, 0.4) is 0 Å². The molecule has 1 aliphatic carbocycles. The molecule has 2 aliphatic rings. The molecule has 0 bridgehead atoms. The Morgan fingerprint density at radius 2 is 1.83 bits per heavy atom. The van der Waals surface area contributed by atoms with Gasteiger partial charge in [0.05, 0.1) is 12.2 Å². The topological polar surface area (TPSA) is 43.7 Å². The van der Waals surface area contributed by atoms with Crippen LogP contribution in [0.5, 0.6) is 0 Å². The highest BCUT2D eigenvalue weighted by atomic mass is 16.3. The van der Waals surface area contributed by atoms with Crippen molar-refractivity contribution in [2.45, 2.75) is 37.4 Å². The summed E-state index contributed by atoms with van der Waals surface area (Å²) in [7, 11) is 0. The third kappa shape index (κ3) is 2.30. The van der Waals surface area contributed by atoms with Gasteiger partial charge in [-0.15, -0.1) is 0 Å². The molecular weight excluding hydrogens is 226 g/mol. The van der Waals surface area contributed by atoms with Crippen LogP contribution in [0.4, 0.5) is 0 Å². The molecule has 0 aromatic heterocycles. The minimum Gasteiger partial charge on any atom is -0.389 e. The minimum absolute atomic E-state index is 0.562. The lowest BCUT2D eigenvalue weighted by molar-refractivity contribution is 0.0572. The van der Waals surface area contributed by atoms with Crippen molar-refractivity contribution < 1.29 is 10.2 Å². The number of β-amino-alcohol motifs (C(OH)–C–C–N with tert-alkyl or cyclic N) is 2. The molecule has 1 aromatic carbocycles. The summed E-state index contributed by atoms with van der Waals surface area (Å²) in [6.45, 7) is 2.19. The van der Waals surface area contributed by atoms with E-state index >= 15 is 0 Å². The Labute approximate surface area is 108 Å². The maximum atomic E-state index is 9.60. The van der Waals surface area contributed by atoms with Gasteiger partial charge in [0.15, 0.2) is 0 Å². The summed E-state index contributed by atoms with van der Waals surface area (Å²) in [6, 6.07) is 8.70. The Balaban J connectivity index is 1.71. The third-order valence-electron chi connectivity index (χ3n) is 4.31. The molecule has 98 valence electrons. The molecule has 0 spiro atoms. The van der Waals surface area contributed by atoms with Gasteiger partial charge in [-0.05, 0) is 36.3 Å². The van der Waals surface area contributed by atoms with E-state index in [-0.39, 0.29) is 0 Å². The van der Waals surface area contributed by atoms with Gasteiger partial charge >= 0.3 is 0 Å². The molecular formula is C15H21NO2. The molecule has 1 fully saturated rings. The molecule has 1 aromatic rings. The largest absolute Gasteiger partial charge is 0.389 e. The number of benzene rings is 1. The number of hydrogen-bond donors (Lipinski definition) is 2. The number of likely N-dealkylation sites (tertiary alicyclic amines) is 1. The number of aryl methyl sites for hydroxylation is 1. The van der Waals surface area contributed by atoms with Crippen LogP contribution in [0.2, 0.25) is 0 Å². The summed E-state index contributed by atoms with van der Waals surface area (Å²) in [4.78, 5) is 2.20. The predicted octanol–water partition coefficient (Wildman–Crippen LogP) is 1.14. The normalized spacial score (nSPS) is 32.4. The Kier molecular flexibility index (Phi) is 3.37. The van der Waals surface area contributed by atoms with Crippen LogP contribution in [-0.4, -0.2) is 47.0 Å². The number of hydrogen-bond acceptors (Lipinski definition) is 3. The molecule has 3 atom stereocenters. The zero-order valence-electron chi connectivity index (χ0n) is 10.6. The van der Waals surface area contributed by atoms with Gasteiger partial charge in [0.2, 0.25) is 0 Å². The summed E-state index contributed by atoms with van der Waals surface area (Å²) >= 11 is 0. The monoisotopic (exact) mass is 247 g/mol. The molecule has 1 aliphatic heterocycles. The summed E-state index contributed by atoms with van der Waals surface area (Å²) in [6.07, 6.45) is 2.53. The van der Waals surface area contributed by atoms with E-state index in [2.05, 4.69) is 29.2 Å². The van der Waals surface area contributed by atoms with Crippen LogP contribution in [0.25, 0.3) is 0 Å². The molecule has 3 unspecified atom stereocenters. The fraction of sp³-hybridized carbons (Fsp3) is 0.600. The number of aliphatic hydroxyl groups is 2. The summed E-state index contributed by atoms with van der Waals surface area (Å²) in [5.74, 6) is 0.562. The molecule has 3 rings (SSSR count). The number of nitrogens with zero attached hydrogens (tertiary/aromatic N) is 1. The van der Waals surface area contributed by atoms with Gasteiger partial charge in [0.1, 0.15) is 0 Å². The summed E-state index contributed by atoms with van der Waals surface area (Å²) < 4.78 is 0. The first kappa shape index (κ1) is 12.2. The first-order valence-corrected chi connectivity index (χ1v) is 6.90. The average molecular weight is 247 g/mol. The number of rotatable bonds is 2. The van der Waals surface area contributed by atoms with Crippen molar-refractivity contribution in [3.8, 4) is 0 Å². The molecule has 1 heterocycles. The van der Waals surface area contributed by atoms with E-state index in [1.165, 1.54) is 30.4 Å². The van der Waals surface area contributed by atoms with Crippen LogP contribution in [-0.2, 0) is 6.42 Å². The molecule has 3 nitrogen and oxygen atoms in total. The van der Waals surface area contributed by atoms with Crippen LogP contribution < -0.4 is 0 Å². The maximum absolute atomic E-state index is 9.60. The lowest BCUT2D eigenvalue weighted by atomic mass is 9.82. The van der Waals surface area contributed by atoms with Crippen LogP contribution >= 0.6 is 0 Å². The highest BCUT2D eigenvalue weighted by molar-refractivity contribution is 5.32. The van der Waals surface area contributed by atoms with E-state index in [4.69, 9.17) is 0 Å². The average Bonchev–Trinajstić information content (AvgIpc) is 2.69. The van der Waals surface area contributed by atoms with Crippen molar-refractivity contribution in [1.29, 1.82) is 0 Å². The van der Waals surface area contributed by atoms with Crippen molar-refractivity contribution in [3.05, 3.63) is 35.4 Å². The Bertz CT molecular complexity index is 411. The number of aliphatic hydroxyl groups excluding tert-OH is 2. The Morgan fingerprint density at radius 3 is 2.61 bits per heavy atom. The van der Waals surface area contributed by atoms with Gasteiger partial charge in [0.25, 0.3) is 0 Å². The van der Waals surface area contributed by atoms with Gasteiger partial charge < -0.3 is 10.2 Å². The Morgan fingerprint density at radius 1 is 1.11 bits per heavy atom. The van der Waals surface area contributed by atoms with Gasteiger partial charge in [-0.1, -0.05) is 24.3 Å². The van der Waals surface area contributed by atoms with E-state index in [1.807, 2.05) is 0 Å². The standard InChI is InChI=1S/C15H21NO2/c17-14-9-16(10-15(14)18)8-12-6-3-5-11-4-1-2-7-13(11)12/h1-2,4,7,12,14-15,17-18H,3,5-6,8-10H2. The van der Waals surface area contributed by atoms with Crippen LogP contribution in [0, 0.1) is 0 Å². The van der Waals surface area contributed by atoms with E-state index in [9.17, 15) is 10.2 Å². The molecule has 1 saturated heterocycles. The van der Waals surface area contributed by atoms with E-state index < -0.39 is 12.2 Å².